The molecule has 4 rings (SSSR count). The smallest absolute Gasteiger partial charge is 0.325 e. The zero-order valence-corrected chi connectivity index (χ0v) is 15.0. The monoisotopic (exact) mass is 369 g/mol. The number of para-hydroxylation sites is 1. The molecule has 0 saturated heterocycles. The van der Waals surface area contributed by atoms with Gasteiger partial charge in [0.2, 0.25) is 5.16 Å². The van der Waals surface area contributed by atoms with Gasteiger partial charge < -0.3 is 15.2 Å². The maximum atomic E-state index is 12.7. The van der Waals surface area contributed by atoms with E-state index in [0.717, 1.165) is 16.8 Å². The van der Waals surface area contributed by atoms with Crippen LogP contribution >= 0.6 is 11.8 Å². The van der Waals surface area contributed by atoms with Crippen LogP contribution in [0.4, 0.5) is 5.69 Å². The summed E-state index contributed by atoms with van der Waals surface area (Å²) in [5, 5.41) is 18.7. The Balaban J connectivity index is 1.95. The molecule has 1 atom stereocenters. The number of nitrogens with zero attached hydrogens (tertiary/aromatic N) is 2. The Kier molecular flexibility index (Phi) is 4.04. The number of methoxy groups -OCH3 is 1. The number of phenolic OH excluding ortho intramolecular Hbond substituents is 1. The number of aromatic nitrogens is 3. The number of aromatic hydroxyl groups is 1. The zero-order valence-electron chi connectivity index (χ0n) is 14.2. The molecule has 0 bridgehead atoms. The third kappa shape index (κ3) is 2.59. The summed E-state index contributed by atoms with van der Waals surface area (Å²) in [5.41, 5.74) is 2.63. The number of nitrogens with one attached hydrogen (secondary N) is 2. The molecule has 0 aliphatic carbocycles. The van der Waals surface area contributed by atoms with E-state index in [0.29, 0.717) is 16.6 Å². The first kappa shape index (κ1) is 16.5. The van der Waals surface area contributed by atoms with Gasteiger partial charge in [0, 0.05) is 10.7 Å². The van der Waals surface area contributed by atoms with Crippen molar-refractivity contribution >= 4 is 17.4 Å². The molecule has 0 amide bonds. The maximum absolute atomic E-state index is 12.7. The lowest BCUT2D eigenvalue weighted by molar-refractivity contribution is -0.759. The van der Waals surface area contributed by atoms with Gasteiger partial charge in [-0.25, -0.2) is 0 Å². The van der Waals surface area contributed by atoms with Crippen molar-refractivity contribution in [2.45, 2.75) is 11.3 Å². The van der Waals surface area contributed by atoms with Crippen LogP contribution in [-0.2, 0) is 0 Å². The zero-order chi connectivity index (χ0) is 18.3. The van der Waals surface area contributed by atoms with E-state index in [-0.39, 0.29) is 11.3 Å². The molecule has 0 fully saturated rings. The maximum Gasteiger partial charge on any atom is 0.325 e. The highest BCUT2D eigenvalue weighted by molar-refractivity contribution is 7.98. The van der Waals surface area contributed by atoms with E-state index in [1.54, 1.807) is 16.8 Å². The highest BCUT2D eigenvalue weighted by atomic mass is 32.2. The Labute approximate surface area is 153 Å². The molecular formula is C18H17N4O3S+. The predicted molar refractivity (Wildman–Crippen MR) is 98.7 cm³/mol. The topological polar surface area (TPSA) is 91.1 Å². The Morgan fingerprint density at radius 3 is 2.81 bits per heavy atom. The van der Waals surface area contributed by atoms with Crippen LogP contribution < -0.4 is 20.3 Å². The second kappa shape index (κ2) is 6.38. The molecule has 26 heavy (non-hydrogen) atoms. The molecule has 1 aromatic heterocycles. The van der Waals surface area contributed by atoms with Crippen molar-refractivity contribution in [2.24, 2.45) is 0 Å². The van der Waals surface area contributed by atoms with Crippen LogP contribution in [-0.4, -0.2) is 28.6 Å². The third-order valence-corrected chi connectivity index (χ3v) is 4.86. The van der Waals surface area contributed by atoms with E-state index in [1.807, 2.05) is 36.6 Å². The molecular weight excluding hydrogens is 352 g/mol. The van der Waals surface area contributed by atoms with E-state index in [4.69, 9.17) is 4.74 Å². The van der Waals surface area contributed by atoms with Crippen LogP contribution in [0.3, 0.4) is 0 Å². The minimum absolute atomic E-state index is 0.0303. The molecule has 2 heterocycles. The second-order valence-corrected chi connectivity index (χ2v) is 6.58. The number of H-pyrrole nitrogens is 1. The van der Waals surface area contributed by atoms with E-state index >= 15 is 0 Å². The summed E-state index contributed by atoms with van der Waals surface area (Å²) < 4.78 is 6.78. The molecule has 1 aliphatic heterocycles. The van der Waals surface area contributed by atoms with Gasteiger partial charge >= 0.3 is 11.3 Å². The van der Waals surface area contributed by atoms with E-state index in [1.165, 1.54) is 18.9 Å². The number of hydrogen-bond acceptors (Lipinski definition) is 6. The lowest BCUT2D eigenvalue weighted by Crippen LogP contribution is -2.55. The number of ether oxygens (including phenoxy) is 1. The van der Waals surface area contributed by atoms with Crippen molar-refractivity contribution in [3.63, 3.8) is 0 Å². The van der Waals surface area contributed by atoms with Gasteiger partial charge in [0.25, 0.3) is 6.17 Å². The molecule has 0 spiro atoms. The third-order valence-electron chi connectivity index (χ3n) is 4.29. The highest BCUT2D eigenvalue weighted by Gasteiger charge is 2.37. The Bertz CT molecular complexity index is 1050. The van der Waals surface area contributed by atoms with Gasteiger partial charge in [0.1, 0.15) is 0 Å². The summed E-state index contributed by atoms with van der Waals surface area (Å²) in [6.45, 7) is 0. The number of thioether (sulfide) groups is 1. The first-order valence-electron chi connectivity index (χ1n) is 7.95. The second-order valence-electron chi connectivity index (χ2n) is 5.78. The first-order chi connectivity index (χ1) is 12.6. The fourth-order valence-electron chi connectivity index (χ4n) is 3.08. The largest absolute Gasteiger partial charge is 0.504 e. The minimum Gasteiger partial charge on any atom is -0.504 e. The molecule has 0 unspecified atom stereocenters. The van der Waals surface area contributed by atoms with Gasteiger partial charge in [-0.3, -0.25) is 9.78 Å². The standard InChI is InChI=1S/C18H16N4O3S/c1-25-14-8-7-10(9-13(14)23)16-19-12-6-4-3-5-11(12)15-17(24)20-18(26-2)21-22(15)16/h3-9,16H,1-2H3,(H2,20,21,23,24)/p+1/t16-/m0/s1. The Hall–Kier alpha value is -3.00. The fourth-order valence-corrected chi connectivity index (χ4v) is 3.45. The SMILES string of the molecule is COc1ccc([C@H]2Nc3ccccc3-c3c(=O)[nH]c(SC)n[n+]32)cc1O. The summed E-state index contributed by atoms with van der Waals surface area (Å²) in [5.74, 6) is 0.418. The molecule has 8 heteroatoms. The van der Waals surface area contributed by atoms with Crippen molar-refractivity contribution in [1.82, 2.24) is 10.1 Å². The number of anilines is 1. The molecule has 0 saturated carbocycles. The van der Waals surface area contributed by atoms with E-state index in [2.05, 4.69) is 15.4 Å². The van der Waals surface area contributed by atoms with Gasteiger partial charge in [0.05, 0.1) is 18.4 Å². The number of hydrogen-bond donors (Lipinski definition) is 3. The molecule has 3 aromatic rings. The van der Waals surface area contributed by atoms with E-state index in [9.17, 15) is 9.90 Å². The minimum atomic E-state index is -0.440. The van der Waals surface area contributed by atoms with Crippen LogP contribution in [0.1, 0.15) is 11.7 Å². The van der Waals surface area contributed by atoms with Gasteiger partial charge in [-0.1, -0.05) is 23.9 Å². The van der Waals surface area contributed by atoms with E-state index < -0.39 is 6.17 Å². The van der Waals surface area contributed by atoms with Gasteiger partial charge in [-0.05, 0) is 41.3 Å². The van der Waals surface area contributed by atoms with Gasteiger partial charge in [-0.15, -0.1) is 0 Å². The Morgan fingerprint density at radius 2 is 2.08 bits per heavy atom. The van der Waals surface area contributed by atoms with Crippen molar-refractivity contribution in [1.29, 1.82) is 0 Å². The number of benzene rings is 2. The quantitative estimate of drug-likeness (QED) is 0.484. The average Bonchev–Trinajstić information content (AvgIpc) is 2.66. The van der Waals surface area contributed by atoms with Crippen LogP contribution in [0.15, 0.2) is 52.4 Å². The van der Waals surface area contributed by atoms with Crippen LogP contribution in [0.25, 0.3) is 11.3 Å². The summed E-state index contributed by atoms with van der Waals surface area (Å²) in [4.78, 5) is 15.5. The van der Waals surface area contributed by atoms with Gasteiger partial charge in [0.15, 0.2) is 11.5 Å². The van der Waals surface area contributed by atoms with Crippen molar-refractivity contribution in [3.05, 3.63) is 58.4 Å². The summed E-state index contributed by atoms with van der Waals surface area (Å²) in [6.07, 6.45) is 1.41. The molecule has 132 valence electrons. The predicted octanol–water partition coefficient (Wildman–Crippen LogP) is 2.13. The molecule has 1 aliphatic rings. The number of fused-ring (bicyclic) bond motifs is 3. The molecule has 0 radical (unpaired) electrons. The number of aromatic amines is 1. The van der Waals surface area contributed by atoms with Crippen LogP contribution in [0.2, 0.25) is 0 Å². The molecule has 3 N–H and O–H groups in total. The summed E-state index contributed by atoms with van der Waals surface area (Å²) >= 11 is 1.36. The van der Waals surface area contributed by atoms with Crippen LogP contribution in [0.5, 0.6) is 11.5 Å². The average molecular weight is 369 g/mol. The van der Waals surface area contributed by atoms with Crippen LogP contribution in [0, 0.1) is 0 Å². The van der Waals surface area contributed by atoms with Crippen molar-refractivity contribution < 1.29 is 14.5 Å². The summed E-state index contributed by atoms with van der Waals surface area (Å²) in [6, 6.07) is 12.7. The van der Waals surface area contributed by atoms with Gasteiger partial charge in [-0.2, -0.15) is 0 Å². The normalized spacial score (nSPS) is 14.9. The van der Waals surface area contributed by atoms with Crippen molar-refractivity contribution in [3.8, 4) is 22.8 Å². The van der Waals surface area contributed by atoms with Crippen molar-refractivity contribution in [2.75, 3.05) is 18.7 Å². The molecule has 2 aromatic carbocycles. The number of phenols is 1. The lowest BCUT2D eigenvalue weighted by Gasteiger charge is -2.22. The molecule has 7 nitrogen and oxygen atoms in total. The first-order valence-corrected chi connectivity index (χ1v) is 9.18. The Morgan fingerprint density at radius 1 is 1.27 bits per heavy atom. The lowest BCUT2D eigenvalue weighted by atomic mass is 10.0. The number of rotatable bonds is 3. The summed E-state index contributed by atoms with van der Waals surface area (Å²) in [7, 11) is 1.50. The fraction of sp³-hybridized carbons (Fsp3) is 0.167. The highest BCUT2D eigenvalue weighted by Crippen LogP contribution is 2.34.